The van der Waals surface area contributed by atoms with E-state index in [0.29, 0.717) is 5.56 Å². The Kier molecular flexibility index (Phi) is 6.87. The molecule has 0 saturated heterocycles. The van der Waals surface area contributed by atoms with Gasteiger partial charge in [-0.2, -0.15) is 0 Å². The highest BCUT2D eigenvalue weighted by molar-refractivity contribution is 14.1. The summed E-state index contributed by atoms with van der Waals surface area (Å²) in [5.41, 5.74) is 0.646. The SMILES string of the molecule is COc1ccc(C(=O)NCCCCI)cc1Br. The van der Waals surface area contributed by atoms with Crippen molar-refractivity contribution in [1.82, 2.24) is 5.32 Å². The molecule has 1 rings (SSSR count). The molecule has 0 radical (unpaired) electrons. The van der Waals surface area contributed by atoms with Gasteiger partial charge in [0.25, 0.3) is 5.91 Å². The number of amides is 1. The Balaban J connectivity index is 2.54. The monoisotopic (exact) mass is 411 g/mol. The van der Waals surface area contributed by atoms with Crippen molar-refractivity contribution in [2.45, 2.75) is 12.8 Å². The van der Waals surface area contributed by atoms with Crippen LogP contribution in [0.2, 0.25) is 0 Å². The molecule has 94 valence electrons. The van der Waals surface area contributed by atoms with Gasteiger partial charge in [0.15, 0.2) is 0 Å². The maximum Gasteiger partial charge on any atom is 0.251 e. The van der Waals surface area contributed by atoms with Crippen molar-refractivity contribution in [3.63, 3.8) is 0 Å². The van der Waals surface area contributed by atoms with Gasteiger partial charge < -0.3 is 10.1 Å². The van der Waals surface area contributed by atoms with Gasteiger partial charge in [-0.05, 0) is 51.4 Å². The van der Waals surface area contributed by atoms with Crippen molar-refractivity contribution in [2.75, 3.05) is 18.1 Å². The number of benzene rings is 1. The van der Waals surface area contributed by atoms with E-state index in [0.717, 1.165) is 34.0 Å². The molecule has 1 amide bonds. The molecule has 0 bridgehead atoms. The van der Waals surface area contributed by atoms with Crippen LogP contribution >= 0.6 is 38.5 Å². The summed E-state index contributed by atoms with van der Waals surface area (Å²) in [5.74, 6) is 0.688. The Morgan fingerprint density at radius 1 is 1.47 bits per heavy atom. The van der Waals surface area contributed by atoms with Gasteiger partial charge in [-0.25, -0.2) is 0 Å². The molecule has 17 heavy (non-hydrogen) atoms. The molecule has 0 unspecified atom stereocenters. The summed E-state index contributed by atoms with van der Waals surface area (Å²) in [6.07, 6.45) is 2.15. The van der Waals surface area contributed by atoms with Crippen molar-refractivity contribution in [3.05, 3.63) is 28.2 Å². The third kappa shape index (κ3) is 4.83. The van der Waals surface area contributed by atoms with E-state index in [-0.39, 0.29) is 5.91 Å². The van der Waals surface area contributed by atoms with E-state index in [1.165, 1.54) is 0 Å². The molecule has 1 N–H and O–H groups in total. The summed E-state index contributed by atoms with van der Waals surface area (Å²) in [6, 6.07) is 5.31. The fourth-order valence-electron chi connectivity index (χ4n) is 1.33. The van der Waals surface area contributed by atoms with E-state index in [2.05, 4.69) is 43.8 Å². The number of unbranched alkanes of at least 4 members (excludes halogenated alkanes) is 1. The predicted octanol–water partition coefficient (Wildman–Crippen LogP) is 3.40. The van der Waals surface area contributed by atoms with Crippen LogP contribution in [0.1, 0.15) is 23.2 Å². The molecule has 1 aromatic carbocycles. The lowest BCUT2D eigenvalue weighted by atomic mass is 10.2. The Labute approximate surface area is 124 Å². The Morgan fingerprint density at radius 2 is 2.24 bits per heavy atom. The fourth-order valence-corrected chi connectivity index (χ4v) is 2.41. The Hall–Kier alpha value is -0.300. The lowest BCUT2D eigenvalue weighted by Crippen LogP contribution is -2.24. The molecule has 0 spiro atoms. The van der Waals surface area contributed by atoms with Crippen LogP contribution in [0, 0.1) is 0 Å². The normalized spacial score (nSPS) is 10.1. The van der Waals surface area contributed by atoms with Crippen molar-refractivity contribution in [2.24, 2.45) is 0 Å². The highest BCUT2D eigenvalue weighted by Gasteiger charge is 2.07. The van der Waals surface area contributed by atoms with Crippen molar-refractivity contribution in [3.8, 4) is 5.75 Å². The minimum atomic E-state index is -0.0400. The van der Waals surface area contributed by atoms with Crippen LogP contribution in [0.5, 0.6) is 5.75 Å². The summed E-state index contributed by atoms with van der Waals surface area (Å²) < 4.78 is 7.03. The second-order valence-corrected chi connectivity index (χ2v) is 5.43. The molecule has 0 heterocycles. The molecule has 0 aromatic heterocycles. The Bertz CT molecular complexity index is 385. The summed E-state index contributed by atoms with van der Waals surface area (Å²) in [7, 11) is 1.60. The maximum atomic E-state index is 11.8. The number of carbonyl (C=O) groups is 1. The molecule has 0 aliphatic carbocycles. The summed E-state index contributed by atoms with van der Waals surface area (Å²) in [5, 5.41) is 2.89. The van der Waals surface area contributed by atoms with Crippen LogP contribution in [-0.4, -0.2) is 24.0 Å². The van der Waals surface area contributed by atoms with Crippen LogP contribution < -0.4 is 10.1 Å². The van der Waals surface area contributed by atoms with Gasteiger partial charge in [0.2, 0.25) is 0 Å². The van der Waals surface area contributed by atoms with Crippen LogP contribution in [-0.2, 0) is 0 Å². The number of nitrogens with one attached hydrogen (secondary N) is 1. The molecular weight excluding hydrogens is 397 g/mol. The number of rotatable bonds is 6. The zero-order valence-electron chi connectivity index (χ0n) is 9.63. The van der Waals surface area contributed by atoms with Gasteiger partial charge in [-0.15, -0.1) is 0 Å². The van der Waals surface area contributed by atoms with Gasteiger partial charge in [0.05, 0.1) is 11.6 Å². The fraction of sp³-hybridized carbons (Fsp3) is 0.417. The van der Waals surface area contributed by atoms with E-state index in [4.69, 9.17) is 4.74 Å². The summed E-state index contributed by atoms with van der Waals surface area (Å²) in [4.78, 5) is 11.8. The largest absolute Gasteiger partial charge is 0.496 e. The third-order valence-corrected chi connectivity index (χ3v) is 3.64. The molecule has 0 saturated carbocycles. The molecule has 0 aliphatic heterocycles. The van der Waals surface area contributed by atoms with Gasteiger partial charge in [0, 0.05) is 12.1 Å². The smallest absolute Gasteiger partial charge is 0.251 e. The number of hydrogen-bond acceptors (Lipinski definition) is 2. The molecule has 0 fully saturated rings. The number of hydrogen-bond donors (Lipinski definition) is 1. The number of ether oxygens (including phenoxy) is 1. The van der Waals surface area contributed by atoms with E-state index < -0.39 is 0 Å². The minimum Gasteiger partial charge on any atom is -0.496 e. The topological polar surface area (TPSA) is 38.3 Å². The van der Waals surface area contributed by atoms with Gasteiger partial charge in [-0.3, -0.25) is 4.79 Å². The van der Waals surface area contributed by atoms with Gasteiger partial charge in [0.1, 0.15) is 5.75 Å². The van der Waals surface area contributed by atoms with E-state index in [9.17, 15) is 4.79 Å². The Morgan fingerprint density at radius 3 is 2.82 bits per heavy atom. The third-order valence-electron chi connectivity index (χ3n) is 2.26. The quantitative estimate of drug-likeness (QED) is 0.442. The highest BCUT2D eigenvalue weighted by atomic mass is 127. The molecule has 5 heteroatoms. The van der Waals surface area contributed by atoms with Crippen LogP contribution in [0.25, 0.3) is 0 Å². The minimum absolute atomic E-state index is 0.0400. The maximum absolute atomic E-state index is 11.8. The standard InChI is InChI=1S/C12H15BrINO2/c1-17-11-5-4-9(8-10(11)13)12(16)15-7-3-2-6-14/h4-5,8H,2-3,6-7H2,1H3,(H,15,16). The van der Waals surface area contributed by atoms with Crippen LogP contribution in [0.15, 0.2) is 22.7 Å². The first kappa shape index (κ1) is 14.8. The highest BCUT2D eigenvalue weighted by Crippen LogP contribution is 2.25. The molecular formula is C12H15BrINO2. The first-order valence-corrected chi connectivity index (χ1v) is 7.68. The van der Waals surface area contributed by atoms with E-state index in [1.54, 1.807) is 25.3 Å². The average molecular weight is 412 g/mol. The lowest BCUT2D eigenvalue weighted by Gasteiger charge is -2.07. The van der Waals surface area contributed by atoms with Crippen LogP contribution in [0.4, 0.5) is 0 Å². The number of carbonyl (C=O) groups excluding carboxylic acids is 1. The summed E-state index contributed by atoms with van der Waals surface area (Å²) >= 11 is 5.70. The zero-order chi connectivity index (χ0) is 12.7. The molecule has 1 aromatic rings. The molecule has 0 aliphatic rings. The second-order valence-electron chi connectivity index (χ2n) is 3.50. The van der Waals surface area contributed by atoms with Crippen molar-refractivity contribution in [1.29, 1.82) is 0 Å². The lowest BCUT2D eigenvalue weighted by molar-refractivity contribution is 0.0953. The number of alkyl halides is 1. The second kappa shape index (κ2) is 7.92. The van der Waals surface area contributed by atoms with Crippen molar-refractivity contribution >= 4 is 44.4 Å². The first-order chi connectivity index (χ1) is 8.19. The molecule has 0 atom stereocenters. The predicted molar refractivity (Wildman–Crippen MR) is 81.1 cm³/mol. The molecule has 3 nitrogen and oxygen atoms in total. The van der Waals surface area contributed by atoms with Crippen molar-refractivity contribution < 1.29 is 9.53 Å². The number of halogens is 2. The summed E-state index contributed by atoms with van der Waals surface area (Å²) in [6.45, 7) is 0.728. The average Bonchev–Trinajstić information content (AvgIpc) is 2.34. The van der Waals surface area contributed by atoms with Gasteiger partial charge in [-0.1, -0.05) is 22.6 Å². The number of methoxy groups -OCH3 is 1. The van der Waals surface area contributed by atoms with E-state index in [1.807, 2.05) is 0 Å². The van der Waals surface area contributed by atoms with Gasteiger partial charge >= 0.3 is 0 Å². The first-order valence-electron chi connectivity index (χ1n) is 5.36. The zero-order valence-corrected chi connectivity index (χ0v) is 13.4. The van der Waals surface area contributed by atoms with Crippen LogP contribution in [0.3, 0.4) is 0 Å². The van der Waals surface area contributed by atoms with E-state index >= 15 is 0 Å².